The number of hydrogen-bond donors (Lipinski definition) is 0. The van der Waals surface area contributed by atoms with Gasteiger partial charge in [-0.15, -0.1) is 0 Å². The smallest absolute Gasteiger partial charge is 0.153 e. The molecule has 15 heavy (non-hydrogen) atoms. The number of halogens is 1. The van der Waals surface area contributed by atoms with Crippen LogP contribution < -0.4 is 0 Å². The van der Waals surface area contributed by atoms with Gasteiger partial charge in [0.05, 0.1) is 11.4 Å². The van der Waals surface area contributed by atoms with E-state index in [2.05, 4.69) is 20.9 Å². The summed E-state index contributed by atoms with van der Waals surface area (Å²) in [6, 6.07) is 3.70. The molecule has 0 amide bonds. The highest BCUT2D eigenvalue weighted by Crippen LogP contribution is 2.13. The molecule has 2 aromatic heterocycles. The third-order valence-corrected chi connectivity index (χ3v) is 3.16. The lowest BCUT2D eigenvalue weighted by Gasteiger charge is -1.91. The molecule has 2 heterocycles. The fourth-order valence-electron chi connectivity index (χ4n) is 1.36. The number of hydrogen-bond acceptors (Lipinski definition) is 3. The average Bonchev–Trinajstić information content (AvgIpc) is 2.42. The number of rotatable bonds is 2. The van der Waals surface area contributed by atoms with Crippen molar-refractivity contribution in [2.24, 2.45) is 0 Å². The molecule has 0 saturated carbocycles. The van der Waals surface area contributed by atoms with E-state index >= 15 is 0 Å². The summed E-state index contributed by atoms with van der Waals surface area (Å²) >= 11 is 3.34. The van der Waals surface area contributed by atoms with E-state index in [1.807, 2.05) is 18.3 Å². The Morgan fingerprint density at radius 2 is 2.13 bits per heavy atom. The first kappa shape index (κ1) is 10.6. The van der Waals surface area contributed by atoms with E-state index in [9.17, 15) is 8.42 Å². The molecule has 0 aromatic carbocycles. The monoisotopic (exact) mass is 288 g/mol. The van der Waals surface area contributed by atoms with Gasteiger partial charge in [0.1, 0.15) is 5.65 Å². The molecule has 0 spiro atoms. The lowest BCUT2D eigenvalue weighted by atomic mass is 10.5. The van der Waals surface area contributed by atoms with Crippen LogP contribution in [0.15, 0.2) is 29.0 Å². The SMILES string of the molecule is CS(=O)(=O)Cc1cn2cc(Br)ccc2n1. The standard InChI is InChI=1S/C9H9BrN2O2S/c1-15(13,14)6-8-5-12-4-7(10)2-3-9(12)11-8/h2-5H,6H2,1H3. The van der Waals surface area contributed by atoms with Gasteiger partial charge in [-0.3, -0.25) is 0 Å². The van der Waals surface area contributed by atoms with E-state index in [-0.39, 0.29) is 5.75 Å². The Morgan fingerprint density at radius 1 is 1.40 bits per heavy atom. The summed E-state index contributed by atoms with van der Waals surface area (Å²) in [5.74, 6) is -0.0215. The second-order valence-corrected chi connectivity index (χ2v) is 6.47. The fourth-order valence-corrected chi connectivity index (χ4v) is 2.38. The zero-order valence-corrected chi connectivity index (χ0v) is 10.4. The van der Waals surface area contributed by atoms with Crippen molar-refractivity contribution < 1.29 is 8.42 Å². The van der Waals surface area contributed by atoms with Gasteiger partial charge in [0.2, 0.25) is 0 Å². The minimum atomic E-state index is -3.02. The minimum absolute atomic E-state index is 0.0215. The Hall–Kier alpha value is -0.880. The van der Waals surface area contributed by atoms with E-state index in [1.165, 1.54) is 6.26 Å². The molecular weight excluding hydrogens is 280 g/mol. The molecular formula is C9H9BrN2O2S. The van der Waals surface area contributed by atoms with Crippen LogP contribution in [0.4, 0.5) is 0 Å². The number of fused-ring (bicyclic) bond motifs is 1. The summed E-state index contributed by atoms with van der Waals surface area (Å²) in [6.45, 7) is 0. The van der Waals surface area contributed by atoms with E-state index in [4.69, 9.17) is 0 Å². The third kappa shape index (κ3) is 2.57. The summed E-state index contributed by atoms with van der Waals surface area (Å²) in [7, 11) is -3.02. The number of pyridine rings is 1. The minimum Gasteiger partial charge on any atom is -0.306 e. The van der Waals surface area contributed by atoms with Gasteiger partial charge in [0, 0.05) is 23.1 Å². The summed E-state index contributed by atoms with van der Waals surface area (Å²) in [4.78, 5) is 4.20. The van der Waals surface area contributed by atoms with E-state index in [1.54, 1.807) is 10.6 Å². The van der Waals surface area contributed by atoms with Gasteiger partial charge in [-0.05, 0) is 28.1 Å². The molecule has 4 nitrogen and oxygen atoms in total. The van der Waals surface area contributed by atoms with Crippen LogP contribution in [0.1, 0.15) is 5.69 Å². The molecule has 0 saturated heterocycles. The lowest BCUT2D eigenvalue weighted by Crippen LogP contribution is -2.00. The first-order chi connectivity index (χ1) is 6.94. The van der Waals surface area contributed by atoms with Crippen molar-refractivity contribution in [2.45, 2.75) is 5.75 Å². The molecule has 0 unspecified atom stereocenters. The maximum atomic E-state index is 11.1. The third-order valence-electron chi connectivity index (χ3n) is 1.87. The molecule has 0 aliphatic rings. The molecule has 0 atom stereocenters. The van der Waals surface area contributed by atoms with Crippen molar-refractivity contribution in [3.63, 3.8) is 0 Å². The van der Waals surface area contributed by atoms with Crippen LogP contribution in [0.3, 0.4) is 0 Å². The van der Waals surface area contributed by atoms with Crippen LogP contribution in [-0.2, 0) is 15.6 Å². The van der Waals surface area contributed by atoms with E-state index in [0.29, 0.717) is 5.69 Å². The zero-order valence-electron chi connectivity index (χ0n) is 8.01. The fraction of sp³-hybridized carbons (Fsp3) is 0.222. The van der Waals surface area contributed by atoms with Crippen LogP contribution in [0, 0.1) is 0 Å². The summed E-state index contributed by atoms with van der Waals surface area (Å²) in [5.41, 5.74) is 1.31. The molecule has 2 aromatic rings. The second-order valence-electron chi connectivity index (χ2n) is 3.42. The molecule has 0 radical (unpaired) electrons. The highest BCUT2D eigenvalue weighted by Gasteiger charge is 2.08. The Morgan fingerprint density at radius 3 is 2.80 bits per heavy atom. The van der Waals surface area contributed by atoms with Gasteiger partial charge in [-0.25, -0.2) is 13.4 Å². The van der Waals surface area contributed by atoms with Crippen molar-refractivity contribution in [2.75, 3.05) is 6.26 Å². The number of nitrogens with zero attached hydrogens (tertiary/aromatic N) is 2. The lowest BCUT2D eigenvalue weighted by molar-refractivity contribution is 0.600. The predicted molar refractivity (Wildman–Crippen MR) is 61.4 cm³/mol. The number of aromatic nitrogens is 2. The van der Waals surface area contributed by atoms with Crippen LogP contribution in [0.25, 0.3) is 5.65 Å². The van der Waals surface area contributed by atoms with Crippen molar-refractivity contribution in [3.8, 4) is 0 Å². The molecule has 6 heteroatoms. The quantitative estimate of drug-likeness (QED) is 0.844. The van der Waals surface area contributed by atoms with E-state index in [0.717, 1.165) is 10.1 Å². The normalized spacial score (nSPS) is 12.1. The zero-order chi connectivity index (χ0) is 11.1. The van der Waals surface area contributed by atoms with Crippen LogP contribution in [0.2, 0.25) is 0 Å². The molecule has 0 bridgehead atoms. The molecule has 0 aliphatic heterocycles. The van der Waals surface area contributed by atoms with Gasteiger partial charge in [-0.1, -0.05) is 0 Å². The van der Waals surface area contributed by atoms with E-state index < -0.39 is 9.84 Å². The van der Waals surface area contributed by atoms with Gasteiger partial charge in [-0.2, -0.15) is 0 Å². The topological polar surface area (TPSA) is 51.4 Å². The van der Waals surface area contributed by atoms with Crippen LogP contribution >= 0.6 is 15.9 Å². The first-order valence-electron chi connectivity index (χ1n) is 4.25. The highest BCUT2D eigenvalue weighted by atomic mass is 79.9. The highest BCUT2D eigenvalue weighted by molar-refractivity contribution is 9.10. The summed E-state index contributed by atoms with van der Waals surface area (Å²) in [6.07, 6.45) is 4.77. The Labute approximate surface area is 96.0 Å². The van der Waals surface area contributed by atoms with Crippen LogP contribution in [-0.4, -0.2) is 24.1 Å². The number of imidazole rings is 1. The maximum Gasteiger partial charge on any atom is 0.153 e. The first-order valence-corrected chi connectivity index (χ1v) is 7.10. The van der Waals surface area contributed by atoms with Crippen molar-refractivity contribution in [1.29, 1.82) is 0 Å². The number of sulfone groups is 1. The summed E-state index contributed by atoms with van der Waals surface area (Å²) < 4.78 is 24.9. The van der Waals surface area contributed by atoms with Gasteiger partial charge < -0.3 is 4.40 Å². The van der Waals surface area contributed by atoms with Gasteiger partial charge in [0.25, 0.3) is 0 Å². The van der Waals surface area contributed by atoms with Gasteiger partial charge in [0.15, 0.2) is 9.84 Å². The van der Waals surface area contributed by atoms with Crippen molar-refractivity contribution in [1.82, 2.24) is 9.38 Å². The van der Waals surface area contributed by atoms with Crippen LogP contribution in [0.5, 0.6) is 0 Å². The van der Waals surface area contributed by atoms with Gasteiger partial charge >= 0.3 is 0 Å². The van der Waals surface area contributed by atoms with Crippen molar-refractivity contribution in [3.05, 3.63) is 34.7 Å². The molecule has 0 aliphatic carbocycles. The molecule has 80 valence electrons. The molecule has 0 N–H and O–H groups in total. The molecule has 2 rings (SSSR count). The summed E-state index contributed by atoms with van der Waals surface area (Å²) in [5, 5.41) is 0. The largest absolute Gasteiger partial charge is 0.306 e. The second kappa shape index (κ2) is 3.61. The molecule has 0 fully saturated rings. The van der Waals surface area contributed by atoms with Crippen molar-refractivity contribution >= 4 is 31.4 Å². The average molecular weight is 289 g/mol. The Kier molecular flexibility index (Phi) is 2.56. The predicted octanol–water partition coefficient (Wildman–Crippen LogP) is 1.64. The Bertz CT molecular complexity index is 604. The maximum absolute atomic E-state index is 11.1. The Balaban J connectivity index is 2.48.